The van der Waals surface area contributed by atoms with Crippen molar-refractivity contribution < 1.29 is 0 Å². The second kappa shape index (κ2) is 8.92. The second-order valence-electron chi connectivity index (χ2n) is 6.23. The van der Waals surface area contributed by atoms with Crippen molar-refractivity contribution in [1.29, 1.82) is 0 Å². The molecule has 0 spiro atoms. The normalized spacial score (nSPS) is 25.8. The van der Waals surface area contributed by atoms with E-state index in [0.717, 1.165) is 12.0 Å². The Labute approximate surface area is 115 Å². The van der Waals surface area contributed by atoms with Gasteiger partial charge in [0.2, 0.25) is 0 Å². The van der Waals surface area contributed by atoms with Gasteiger partial charge in [-0.3, -0.25) is 4.90 Å². The molecule has 0 saturated carbocycles. The third-order valence-electron chi connectivity index (χ3n) is 4.39. The number of unbranched alkanes of at least 4 members (excludes halogenated alkanes) is 4. The predicted molar refractivity (Wildman–Crippen MR) is 81.0 cm³/mol. The first-order valence-corrected chi connectivity index (χ1v) is 8.16. The summed E-state index contributed by atoms with van der Waals surface area (Å²) in [7, 11) is 0. The molecule has 0 aromatic carbocycles. The maximum absolute atomic E-state index is 3.72. The fraction of sp³-hybridized carbons (Fsp3) is 1.00. The van der Waals surface area contributed by atoms with Gasteiger partial charge < -0.3 is 5.32 Å². The number of piperazine rings is 1. The van der Waals surface area contributed by atoms with Gasteiger partial charge >= 0.3 is 0 Å². The van der Waals surface area contributed by atoms with Crippen LogP contribution in [0.15, 0.2) is 0 Å². The summed E-state index contributed by atoms with van der Waals surface area (Å²) in [6.07, 6.45) is 8.27. The average molecular weight is 254 g/mol. The zero-order valence-electron chi connectivity index (χ0n) is 13.0. The van der Waals surface area contributed by atoms with Crippen LogP contribution in [-0.2, 0) is 0 Å². The first-order chi connectivity index (χ1) is 8.69. The lowest BCUT2D eigenvalue weighted by molar-refractivity contribution is 0.108. The second-order valence-corrected chi connectivity index (χ2v) is 6.23. The molecule has 0 amide bonds. The van der Waals surface area contributed by atoms with Crippen molar-refractivity contribution in [2.24, 2.45) is 5.92 Å². The minimum atomic E-state index is 0.698. The molecule has 2 unspecified atom stereocenters. The van der Waals surface area contributed by atoms with Gasteiger partial charge in [0.1, 0.15) is 0 Å². The molecule has 2 heteroatoms. The van der Waals surface area contributed by atoms with Crippen molar-refractivity contribution in [3.8, 4) is 0 Å². The molecule has 0 aromatic rings. The summed E-state index contributed by atoms with van der Waals surface area (Å²) in [5.74, 6) is 0.755. The fourth-order valence-corrected chi connectivity index (χ4v) is 2.92. The van der Waals surface area contributed by atoms with Gasteiger partial charge in [0.15, 0.2) is 0 Å². The van der Waals surface area contributed by atoms with Crippen LogP contribution < -0.4 is 5.32 Å². The molecule has 0 aromatic heterocycles. The van der Waals surface area contributed by atoms with Crippen molar-refractivity contribution in [1.82, 2.24) is 10.2 Å². The first kappa shape index (κ1) is 16.0. The van der Waals surface area contributed by atoms with Crippen LogP contribution in [0, 0.1) is 5.92 Å². The molecule has 1 fully saturated rings. The molecule has 0 aliphatic carbocycles. The third-order valence-corrected chi connectivity index (χ3v) is 4.39. The first-order valence-electron chi connectivity index (χ1n) is 8.16. The summed E-state index contributed by atoms with van der Waals surface area (Å²) in [5, 5.41) is 3.72. The third kappa shape index (κ3) is 5.27. The number of nitrogens with one attached hydrogen (secondary N) is 1. The molecule has 1 heterocycles. The highest BCUT2D eigenvalue weighted by Crippen LogP contribution is 2.16. The SMILES string of the molecule is CCCCCCCN1CC(C(C)C)NCC1CC. The summed E-state index contributed by atoms with van der Waals surface area (Å²) in [4.78, 5) is 2.74. The average Bonchev–Trinajstić information content (AvgIpc) is 2.38. The lowest BCUT2D eigenvalue weighted by Gasteiger charge is -2.41. The Morgan fingerprint density at radius 2 is 1.83 bits per heavy atom. The Bertz CT molecular complexity index is 203. The minimum absolute atomic E-state index is 0.698. The molecule has 0 radical (unpaired) electrons. The fourth-order valence-electron chi connectivity index (χ4n) is 2.92. The van der Waals surface area contributed by atoms with E-state index < -0.39 is 0 Å². The van der Waals surface area contributed by atoms with Gasteiger partial charge in [-0.25, -0.2) is 0 Å². The highest BCUT2D eigenvalue weighted by atomic mass is 15.2. The molecule has 18 heavy (non-hydrogen) atoms. The van der Waals surface area contributed by atoms with E-state index in [1.165, 1.54) is 58.2 Å². The van der Waals surface area contributed by atoms with Crippen molar-refractivity contribution in [3.63, 3.8) is 0 Å². The number of nitrogens with zero attached hydrogens (tertiary/aromatic N) is 1. The molecular formula is C16H34N2. The summed E-state index contributed by atoms with van der Waals surface area (Å²) in [6.45, 7) is 13.0. The smallest absolute Gasteiger partial charge is 0.0218 e. The Morgan fingerprint density at radius 3 is 2.44 bits per heavy atom. The predicted octanol–water partition coefficient (Wildman–Crippen LogP) is 3.67. The summed E-state index contributed by atoms with van der Waals surface area (Å²) in [6, 6.07) is 1.47. The number of rotatable bonds is 8. The summed E-state index contributed by atoms with van der Waals surface area (Å²) < 4.78 is 0. The van der Waals surface area contributed by atoms with Crippen LogP contribution in [0.4, 0.5) is 0 Å². The zero-order valence-corrected chi connectivity index (χ0v) is 13.0. The van der Waals surface area contributed by atoms with Crippen LogP contribution in [0.1, 0.15) is 66.2 Å². The van der Waals surface area contributed by atoms with Crippen molar-refractivity contribution in [3.05, 3.63) is 0 Å². The number of hydrogen-bond donors (Lipinski definition) is 1. The summed E-state index contributed by atoms with van der Waals surface area (Å²) >= 11 is 0. The standard InChI is InChI=1S/C16H34N2/c1-5-7-8-9-10-11-18-13-16(14(3)4)17-12-15(18)6-2/h14-17H,5-13H2,1-4H3. The van der Waals surface area contributed by atoms with E-state index in [1.807, 2.05) is 0 Å². The van der Waals surface area contributed by atoms with E-state index in [4.69, 9.17) is 0 Å². The largest absolute Gasteiger partial charge is 0.311 e. The Balaban J connectivity index is 2.29. The van der Waals surface area contributed by atoms with Gasteiger partial charge in [0.25, 0.3) is 0 Å². The highest BCUT2D eigenvalue weighted by molar-refractivity contribution is 4.86. The lowest BCUT2D eigenvalue weighted by atomic mass is 9.98. The molecule has 108 valence electrons. The van der Waals surface area contributed by atoms with E-state index in [0.29, 0.717) is 6.04 Å². The molecule has 0 bridgehead atoms. The minimum Gasteiger partial charge on any atom is -0.311 e. The molecule has 1 N–H and O–H groups in total. The Hall–Kier alpha value is -0.0800. The Morgan fingerprint density at radius 1 is 1.11 bits per heavy atom. The van der Waals surface area contributed by atoms with E-state index in [-0.39, 0.29) is 0 Å². The number of hydrogen-bond acceptors (Lipinski definition) is 2. The van der Waals surface area contributed by atoms with Gasteiger partial charge in [-0.05, 0) is 25.3 Å². The lowest BCUT2D eigenvalue weighted by Crippen LogP contribution is -2.57. The molecule has 2 atom stereocenters. The molecule has 1 rings (SSSR count). The van der Waals surface area contributed by atoms with Crippen molar-refractivity contribution in [2.75, 3.05) is 19.6 Å². The molecular weight excluding hydrogens is 220 g/mol. The van der Waals surface area contributed by atoms with E-state index in [1.54, 1.807) is 0 Å². The van der Waals surface area contributed by atoms with Crippen LogP contribution in [0.2, 0.25) is 0 Å². The van der Waals surface area contributed by atoms with Crippen LogP contribution in [0.25, 0.3) is 0 Å². The molecule has 2 nitrogen and oxygen atoms in total. The quantitative estimate of drug-likeness (QED) is 0.665. The zero-order chi connectivity index (χ0) is 13.4. The van der Waals surface area contributed by atoms with Crippen LogP contribution >= 0.6 is 0 Å². The van der Waals surface area contributed by atoms with E-state index in [2.05, 4.69) is 37.9 Å². The maximum Gasteiger partial charge on any atom is 0.0218 e. The van der Waals surface area contributed by atoms with Crippen molar-refractivity contribution in [2.45, 2.75) is 78.3 Å². The van der Waals surface area contributed by atoms with E-state index >= 15 is 0 Å². The van der Waals surface area contributed by atoms with Crippen LogP contribution in [0.5, 0.6) is 0 Å². The molecule has 1 aliphatic rings. The highest BCUT2D eigenvalue weighted by Gasteiger charge is 2.27. The van der Waals surface area contributed by atoms with Crippen LogP contribution in [-0.4, -0.2) is 36.6 Å². The molecule has 1 aliphatic heterocycles. The van der Waals surface area contributed by atoms with Gasteiger partial charge in [0, 0.05) is 25.2 Å². The van der Waals surface area contributed by atoms with Gasteiger partial charge in [-0.2, -0.15) is 0 Å². The van der Waals surface area contributed by atoms with Crippen molar-refractivity contribution >= 4 is 0 Å². The topological polar surface area (TPSA) is 15.3 Å². The van der Waals surface area contributed by atoms with Gasteiger partial charge in [0.05, 0.1) is 0 Å². The monoisotopic (exact) mass is 254 g/mol. The van der Waals surface area contributed by atoms with E-state index in [9.17, 15) is 0 Å². The Kier molecular flexibility index (Phi) is 7.92. The maximum atomic E-state index is 3.72. The molecule has 1 saturated heterocycles. The van der Waals surface area contributed by atoms with Gasteiger partial charge in [-0.15, -0.1) is 0 Å². The summed E-state index contributed by atoms with van der Waals surface area (Å²) in [5.41, 5.74) is 0. The van der Waals surface area contributed by atoms with Gasteiger partial charge in [-0.1, -0.05) is 53.4 Å². The van der Waals surface area contributed by atoms with Crippen LogP contribution in [0.3, 0.4) is 0 Å².